The summed E-state index contributed by atoms with van der Waals surface area (Å²) in [7, 11) is 0. The highest BCUT2D eigenvalue weighted by molar-refractivity contribution is 6.31. The van der Waals surface area contributed by atoms with Crippen LogP contribution in [0, 0.1) is 6.92 Å². The Morgan fingerprint density at radius 3 is 2.89 bits per heavy atom. The van der Waals surface area contributed by atoms with E-state index >= 15 is 0 Å². The van der Waals surface area contributed by atoms with Crippen molar-refractivity contribution in [1.82, 2.24) is 4.90 Å². The van der Waals surface area contributed by atoms with Crippen LogP contribution in [0.2, 0.25) is 5.02 Å². The number of carbonyl (C=O) groups excluding carboxylic acids is 2. The van der Waals surface area contributed by atoms with E-state index < -0.39 is 0 Å². The highest BCUT2D eigenvalue weighted by Gasteiger charge is 2.42. The van der Waals surface area contributed by atoms with Crippen molar-refractivity contribution < 1.29 is 9.59 Å². The molecule has 1 atom stereocenters. The molecule has 2 heterocycles. The van der Waals surface area contributed by atoms with Gasteiger partial charge in [0.15, 0.2) is 0 Å². The molecule has 0 bridgehead atoms. The summed E-state index contributed by atoms with van der Waals surface area (Å²) in [6.45, 7) is 2.75. The van der Waals surface area contributed by atoms with Crippen molar-refractivity contribution in [3.63, 3.8) is 0 Å². The van der Waals surface area contributed by atoms with Gasteiger partial charge in [0, 0.05) is 17.3 Å². The number of carbonyl (C=O) groups is 2. The second kappa shape index (κ2) is 4.53. The van der Waals surface area contributed by atoms with Gasteiger partial charge in [0.2, 0.25) is 11.8 Å². The van der Waals surface area contributed by atoms with E-state index in [4.69, 9.17) is 11.6 Å². The molecule has 100 valence electrons. The summed E-state index contributed by atoms with van der Waals surface area (Å²) in [5.74, 6) is 0.0453. The molecule has 0 spiro atoms. The highest BCUT2D eigenvalue weighted by atomic mass is 35.5. The Morgan fingerprint density at radius 1 is 1.32 bits per heavy atom. The first kappa shape index (κ1) is 12.5. The van der Waals surface area contributed by atoms with Crippen LogP contribution in [0.4, 0.5) is 5.69 Å². The van der Waals surface area contributed by atoms with Gasteiger partial charge in [-0.05, 0) is 37.5 Å². The van der Waals surface area contributed by atoms with Crippen LogP contribution in [0.15, 0.2) is 18.2 Å². The van der Waals surface area contributed by atoms with Crippen molar-refractivity contribution in [1.29, 1.82) is 0 Å². The fourth-order valence-electron chi connectivity index (χ4n) is 2.88. The minimum absolute atomic E-state index is 0.0162. The minimum Gasteiger partial charge on any atom is -0.329 e. The third-order valence-electron chi connectivity index (χ3n) is 3.88. The zero-order valence-corrected chi connectivity index (χ0v) is 11.5. The number of halogens is 1. The molecule has 0 N–H and O–H groups in total. The third kappa shape index (κ3) is 2.00. The van der Waals surface area contributed by atoms with Gasteiger partial charge in [0.05, 0.1) is 0 Å². The van der Waals surface area contributed by atoms with E-state index in [1.165, 1.54) is 0 Å². The van der Waals surface area contributed by atoms with E-state index in [1.54, 1.807) is 21.9 Å². The van der Waals surface area contributed by atoms with Crippen molar-refractivity contribution in [2.45, 2.75) is 25.8 Å². The quantitative estimate of drug-likeness (QED) is 0.788. The predicted octanol–water partition coefficient (Wildman–Crippen LogP) is 1.99. The van der Waals surface area contributed by atoms with E-state index in [1.807, 2.05) is 13.0 Å². The van der Waals surface area contributed by atoms with Crippen molar-refractivity contribution in [3.8, 4) is 0 Å². The standard InChI is InChI=1S/C14H15ClN2O2/c1-9-4-5-10(15)7-12(9)17-8-13(18)16-6-2-3-11(16)14(17)19/h4-5,7,11H,2-3,6,8H2,1H3. The molecule has 2 aliphatic heterocycles. The summed E-state index contributed by atoms with van der Waals surface area (Å²) >= 11 is 6.00. The van der Waals surface area contributed by atoms with Crippen LogP contribution in [0.3, 0.4) is 0 Å². The van der Waals surface area contributed by atoms with Crippen molar-refractivity contribution >= 4 is 29.1 Å². The summed E-state index contributed by atoms with van der Waals surface area (Å²) in [4.78, 5) is 27.9. The molecule has 1 unspecified atom stereocenters. The lowest BCUT2D eigenvalue weighted by Gasteiger charge is -2.37. The largest absolute Gasteiger partial charge is 0.329 e. The molecule has 0 saturated carbocycles. The zero-order chi connectivity index (χ0) is 13.6. The maximum atomic E-state index is 12.5. The van der Waals surface area contributed by atoms with Crippen LogP contribution in [0.1, 0.15) is 18.4 Å². The van der Waals surface area contributed by atoms with E-state index in [0.29, 0.717) is 11.6 Å². The van der Waals surface area contributed by atoms with Gasteiger partial charge in [-0.15, -0.1) is 0 Å². The molecule has 1 aromatic rings. The SMILES string of the molecule is Cc1ccc(Cl)cc1N1CC(=O)N2CCCC2C1=O. The topological polar surface area (TPSA) is 40.6 Å². The lowest BCUT2D eigenvalue weighted by Crippen LogP contribution is -2.57. The molecule has 1 aromatic carbocycles. The Hall–Kier alpha value is -1.55. The predicted molar refractivity (Wildman–Crippen MR) is 73.3 cm³/mol. The number of benzene rings is 1. The monoisotopic (exact) mass is 278 g/mol. The van der Waals surface area contributed by atoms with Gasteiger partial charge in [-0.1, -0.05) is 17.7 Å². The van der Waals surface area contributed by atoms with E-state index in [0.717, 1.165) is 24.1 Å². The fraction of sp³-hybridized carbons (Fsp3) is 0.429. The molecule has 3 rings (SSSR count). The van der Waals surface area contributed by atoms with Gasteiger partial charge in [-0.25, -0.2) is 0 Å². The number of fused-ring (bicyclic) bond motifs is 1. The van der Waals surface area contributed by atoms with Gasteiger partial charge in [0.25, 0.3) is 0 Å². The average Bonchev–Trinajstić information content (AvgIpc) is 2.87. The number of rotatable bonds is 1. The molecular weight excluding hydrogens is 264 g/mol. The highest BCUT2D eigenvalue weighted by Crippen LogP contribution is 2.30. The number of hydrogen-bond acceptors (Lipinski definition) is 2. The molecule has 0 aromatic heterocycles. The molecule has 19 heavy (non-hydrogen) atoms. The van der Waals surface area contributed by atoms with Gasteiger partial charge >= 0.3 is 0 Å². The minimum atomic E-state index is -0.278. The zero-order valence-electron chi connectivity index (χ0n) is 10.7. The molecule has 2 aliphatic rings. The van der Waals surface area contributed by atoms with Crippen LogP contribution in [-0.2, 0) is 9.59 Å². The maximum absolute atomic E-state index is 12.5. The summed E-state index contributed by atoms with van der Waals surface area (Å²) < 4.78 is 0. The van der Waals surface area contributed by atoms with Crippen LogP contribution in [0.5, 0.6) is 0 Å². The molecule has 2 saturated heterocycles. The Labute approximate surface area is 116 Å². The normalized spacial score (nSPS) is 22.9. The smallest absolute Gasteiger partial charge is 0.250 e. The van der Waals surface area contributed by atoms with Crippen molar-refractivity contribution in [3.05, 3.63) is 28.8 Å². The number of aryl methyl sites for hydroxylation is 1. The fourth-order valence-corrected chi connectivity index (χ4v) is 3.05. The molecule has 0 aliphatic carbocycles. The number of piperazine rings is 1. The second-order valence-corrected chi connectivity index (χ2v) is 5.54. The molecular formula is C14H15ClN2O2. The van der Waals surface area contributed by atoms with E-state index in [9.17, 15) is 9.59 Å². The molecule has 4 nitrogen and oxygen atoms in total. The first-order valence-corrected chi connectivity index (χ1v) is 6.83. The van der Waals surface area contributed by atoms with Gasteiger partial charge in [0.1, 0.15) is 12.6 Å². The third-order valence-corrected chi connectivity index (χ3v) is 4.11. The van der Waals surface area contributed by atoms with Crippen molar-refractivity contribution in [2.75, 3.05) is 18.0 Å². The Kier molecular flexibility index (Phi) is 2.97. The average molecular weight is 279 g/mol. The molecule has 0 radical (unpaired) electrons. The number of anilines is 1. The van der Waals surface area contributed by atoms with Gasteiger partial charge in [-0.3, -0.25) is 9.59 Å². The lowest BCUT2D eigenvalue weighted by atomic mass is 10.1. The Balaban J connectivity index is 1.98. The van der Waals surface area contributed by atoms with Gasteiger partial charge < -0.3 is 9.80 Å². The van der Waals surface area contributed by atoms with Crippen LogP contribution >= 0.6 is 11.6 Å². The number of hydrogen-bond donors (Lipinski definition) is 0. The lowest BCUT2D eigenvalue weighted by molar-refractivity contribution is -0.140. The Morgan fingerprint density at radius 2 is 2.11 bits per heavy atom. The summed E-state index contributed by atoms with van der Waals surface area (Å²) in [6, 6.07) is 5.14. The molecule has 2 amide bonds. The van der Waals surface area contributed by atoms with Gasteiger partial charge in [-0.2, -0.15) is 0 Å². The van der Waals surface area contributed by atoms with E-state index in [-0.39, 0.29) is 24.4 Å². The number of nitrogens with zero attached hydrogens (tertiary/aromatic N) is 2. The first-order chi connectivity index (χ1) is 9.08. The van der Waals surface area contributed by atoms with Crippen LogP contribution in [-0.4, -0.2) is 35.8 Å². The summed E-state index contributed by atoms with van der Waals surface area (Å²) in [5.41, 5.74) is 1.70. The Bertz CT molecular complexity index is 558. The van der Waals surface area contributed by atoms with Crippen molar-refractivity contribution in [2.24, 2.45) is 0 Å². The maximum Gasteiger partial charge on any atom is 0.250 e. The van der Waals surface area contributed by atoms with E-state index in [2.05, 4.69) is 0 Å². The molecule has 2 fully saturated rings. The second-order valence-electron chi connectivity index (χ2n) is 5.10. The van der Waals surface area contributed by atoms with Crippen LogP contribution < -0.4 is 4.90 Å². The number of amides is 2. The van der Waals surface area contributed by atoms with Crippen LogP contribution in [0.25, 0.3) is 0 Å². The first-order valence-electron chi connectivity index (χ1n) is 6.45. The summed E-state index contributed by atoms with van der Waals surface area (Å²) in [6.07, 6.45) is 1.67. The molecule has 5 heteroatoms. The summed E-state index contributed by atoms with van der Waals surface area (Å²) in [5, 5.41) is 0.578.